The molecule has 0 saturated heterocycles. The average molecular weight is 253 g/mol. The molecule has 0 amide bonds. The third-order valence-corrected chi connectivity index (χ3v) is 2.22. The largest absolute Gasteiger partial charge is 0.463 e. The van der Waals surface area contributed by atoms with E-state index in [0.717, 1.165) is 12.1 Å². The van der Waals surface area contributed by atoms with E-state index in [1.54, 1.807) is 13.8 Å². The number of carbonyl (C=O) groups excluding carboxylic acids is 1. The topological polar surface area (TPSA) is 69.4 Å². The second kappa shape index (κ2) is 5.90. The van der Waals surface area contributed by atoms with Gasteiger partial charge in [-0.25, -0.2) is 4.79 Å². The Balaban J connectivity index is 3.07. The van der Waals surface area contributed by atoms with Gasteiger partial charge in [-0.15, -0.1) is 0 Å². The average Bonchev–Trinajstić information content (AvgIpc) is 2.29. The van der Waals surface area contributed by atoms with Gasteiger partial charge in [-0.1, -0.05) is 6.07 Å². The summed E-state index contributed by atoms with van der Waals surface area (Å²) < 4.78 is 17.8. The number of hydrogen-bond donors (Lipinski definition) is 0. The van der Waals surface area contributed by atoms with E-state index in [1.807, 2.05) is 0 Å². The monoisotopic (exact) mass is 253 g/mol. The van der Waals surface area contributed by atoms with E-state index in [2.05, 4.69) is 0 Å². The summed E-state index contributed by atoms with van der Waals surface area (Å²) in [5, 5.41) is 10.6. The van der Waals surface area contributed by atoms with Crippen molar-refractivity contribution in [2.75, 3.05) is 6.61 Å². The van der Waals surface area contributed by atoms with E-state index in [9.17, 15) is 19.3 Å². The number of allylic oxidation sites excluding steroid dienone is 1. The molecule has 1 rings (SSSR count). The zero-order valence-electron chi connectivity index (χ0n) is 9.97. The van der Waals surface area contributed by atoms with Crippen molar-refractivity contribution in [2.24, 2.45) is 0 Å². The Morgan fingerprint density at radius 3 is 2.78 bits per heavy atom. The van der Waals surface area contributed by atoms with Crippen molar-refractivity contribution in [3.63, 3.8) is 0 Å². The van der Waals surface area contributed by atoms with Crippen LogP contribution in [0.5, 0.6) is 0 Å². The van der Waals surface area contributed by atoms with E-state index in [0.29, 0.717) is 11.1 Å². The summed E-state index contributed by atoms with van der Waals surface area (Å²) in [6.45, 7) is 3.50. The third kappa shape index (κ3) is 3.38. The second-order valence-electron chi connectivity index (χ2n) is 3.50. The van der Waals surface area contributed by atoms with Crippen LogP contribution in [0.15, 0.2) is 24.3 Å². The molecule has 1 aromatic rings. The Kier molecular flexibility index (Phi) is 4.53. The zero-order chi connectivity index (χ0) is 13.7. The Hall–Kier alpha value is -2.24. The number of halogens is 1. The van der Waals surface area contributed by atoms with Crippen molar-refractivity contribution in [2.45, 2.75) is 13.8 Å². The lowest BCUT2D eigenvalue weighted by molar-refractivity contribution is -0.387. The lowest BCUT2D eigenvalue weighted by Gasteiger charge is -2.02. The summed E-state index contributed by atoms with van der Waals surface area (Å²) >= 11 is 0. The van der Waals surface area contributed by atoms with Crippen LogP contribution in [0, 0.1) is 15.9 Å². The number of nitro benzene ring substituents is 1. The minimum atomic E-state index is -0.910. The van der Waals surface area contributed by atoms with Crippen molar-refractivity contribution < 1.29 is 18.8 Å². The number of hydrogen-bond acceptors (Lipinski definition) is 4. The van der Waals surface area contributed by atoms with Gasteiger partial charge < -0.3 is 4.74 Å². The first-order chi connectivity index (χ1) is 8.45. The predicted octanol–water partition coefficient (Wildman–Crippen LogP) is 2.70. The fourth-order valence-electron chi connectivity index (χ4n) is 1.34. The summed E-state index contributed by atoms with van der Waals surface area (Å²) in [4.78, 5) is 21.0. The molecule has 18 heavy (non-hydrogen) atoms. The maximum Gasteiger partial charge on any atom is 0.331 e. The van der Waals surface area contributed by atoms with Crippen LogP contribution < -0.4 is 0 Å². The molecule has 0 fully saturated rings. The minimum Gasteiger partial charge on any atom is -0.463 e. The maximum atomic E-state index is 13.1. The van der Waals surface area contributed by atoms with Crippen LogP contribution in [0.4, 0.5) is 10.1 Å². The van der Waals surface area contributed by atoms with Gasteiger partial charge >= 0.3 is 11.7 Å². The number of nitro groups is 1. The summed E-state index contributed by atoms with van der Waals surface area (Å²) in [6, 6.07) is 3.45. The first kappa shape index (κ1) is 13.8. The first-order valence-electron chi connectivity index (χ1n) is 5.25. The van der Waals surface area contributed by atoms with E-state index in [1.165, 1.54) is 12.1 Å². The van der Waals surface area contributed by atoms with E-state index < -0.39 is 22.4 Å². The molecule has 0 saturated carbocycles. The molecule has 0 radical (unpaired) electrons. The van der Waals surface area contributed by atoms with Crippen LogP contribution in [0.1, 0.15) is 19.4 Å². The van der Waals surface area contributed by atoms with Crippen LogP contribution in [-0.4, -0.2) is 17.5 Å². The summed E-state index contributed by atoms with van der Waals surface area (Å²) in [5.41, 5.74) is 0.247. The van der Waals surface area contributed by atoms with Crippen molar-refractivity contribution in [1.82, 2.24) is 0 Å². The first-order valence-corrected chi connectivity index (χ1v) is 5.25. The molecule has 0 aromatic heterocycles. The molecule has 0 aliphatic heterocycles. The van der Waals surface area contributed by atoms with E-state index >= 15 is 0 Å². The highest BCUT2D eigenvalue weighted by atomic mass is 19.1. The van der Waals surface area contributed by atoms with Gasteiger partial charge in [0.25, 0.3) is 0 Å². The molecule has 1 aromatic carbocycles. The standard InChI is InChI=1S/C12H12FNO4/c1-3-18-12(15)6-8(2)9-4-5-10(13)11(7-9)14(16)17/h4-7H,3H2,1-2H3/b8-6-. The highest BCUT2D eigenvalue weighted by Crippen LogP contribution is 2.23. The van der Waals surface area contributed by atoms with Gasteiger partial charge in [-0.05, 0) is 31.1 Å². The maximum absolute atomic E-state index is 13.1. The number of ether oxygens (including phenoxy) is 1. The molecule has 0 bridgehead atoms. The number of carbonyl (C=O) groups is 1. The fourth-order valence-corrected chi connectivity index (χ4v) is 1.34. The molecule has 0 spiro atoms. The molecular weight excluding hydrogens is 241 g/mol. The fraction of sp³-hybridized carbons (Fsp3) is 0.250. The zero-order valence-corrected chi connectivity index (χ0v) is 9.97. The smallest absolute Gasteiger partial charge is 0.331 e. The Bertz CT molecular complexity index is 511. The summed E-state index contributed by atoms with van der Waals surface area (Å²) in [5.74, 6) is -1.45. The van der Waals surface area contributed by atoms with Gasteiger partial charge in [0.05, 0.1) is 11.5 Å². The normalized spacial score (nSPS) is 11.2. The van der Waals surface area contributed by atoms with Gasteiger partial charge in [-0.2, -0.15) is 4.39 Å². The van der Waals surface area contributed by atoms with Crippen molar-refractivity contribution >= 4 is 17.2 Å². The third-order valence-electron chi connectivity index (χ3n) is 2.22. The van der Waals surface area contributed by atoms with E-state index in [-0.39, 0.29) is 6.61 Å². The quantitative estimate of drug-likeness (QED) is 0.358. The second-order valence-corrected chi connectivity index (χ2v) is 3.50. The minimum absolute atomic E-state index is 0.242. The molecular formula is C12H12FNO4. The van der Waals surface area contributed by atoms with Gasteiger partial charge in [0.2, 0.25) is 5.82 Å². The Morgan fingerprint density at radius 1 is 1.56 bits per heavy atom. The van der Waals surface area contributed by atoms with Crippen LogP contribution in [0.25, 0.3) is 5.57 Å². The molecule has 0 N–H and O–H groups in total. The molecule has 6 heteroatoms. The van der Waals surface area contributed by atoms with Crippen LogP contribution in [-0.2, 0) is 9.53 Å². The number of rotatable bonds is 4. The van der Waals surface area contributed by atoms with Gasteiger partial charge in [0.1, 0.15) is 0 Å². The van der Waals surface area contributed by atoms with Crippen LogP contribution in [0.3, 0.4) is 0 Å². The van der Waals surface area contributed by atoms with Crippen LogP contribution in [0.2, 0.25) is 0 Å². The Morgan fingerprint density at radius 2 is 2.22 bits per heavy atom. The number of benzene rings is 1. The van der Waals surface area contributed by atoms with Crippen molar-refractivity contribution in [3.05, 3.63) is 45.8 Å². The number of esters is 1. The number of nitrogens with zero attached hydrogens (tertiary/aromatic N) is 1. The van der Waals surface area contributed by atoms with Crippen LogP contribution >= 0.6 is 0 Å². The van der Waals surface area contributed by atoms with Gasteiger partial charge in [0.15, 0.2) is 0 Å². The SMILES string of the molecule is CCOC(=O)/C=C(/C)c1ccc(F)c([N+](=O)[O-])c1. The van der Waals surface area contributed by atoms with Crippen molar-refractivity contribution in [1.29, 1.82) is 0 Å². The lowest BCUT2D eigenvalue weighted by atomic mass is 10.1. The lowest BCUT2D eigenvalue weighted by Crippen LogP contribution is -2.00. The molecule has 5 nitrogen and oxygen atoms in total. The molecule has 0 aliphatic rings. The Labute approximate surface area is 103 Å². The summed E-state index contributed by atoms with van der Waals surface area (Å²) in [7, 11) is 0. The molecule has 0 heterocycles. The molecule has 0 unspecified atom stereocenters. The molecule has 0 aliphatic carbocycles. The molecule has 96 valence electrons. The van der Waals surface area contributed by atoms with Crippen molar-refractivity contribution in [3.8, 4) is 0 Å². The van der Waals surface area contributed by atoms with E-state index in [4.69, 9.17) is 4.74 Å². The highest BCUT2D eigenvalue weighted by Gasteiger charge is 2.15. The van der Waals surface area contributed by atoms with Gasteiger partial charge in [-0.3, -0.25) is 10.1 Å². The predicted molar refractivity (Wildman–Crippen MR) is 63.3 cm³/mol. The van der Waals surface area contributed by atoms with Gasteiger partial charge in [0, 0.05) is 12.1 Å². The molecule has 0 atom stereocenters. The highest BCUT2D eigenvalue weighted by molar-refractivity contribution is 5.91. The summed E-state index contributed by atoms with van der Waals surface area (Å²) in [6.07, 6.45) is 1.21.